The van der Waals surface area contributed by atoms with Crippen molar-refractivity contribution in [2.75, 3.05) is 0 Å². The van der Waals surface area contributed by atoms with Gasteiger partial charge in [-0.1, -0.05) is 38.1 Å². The number of carboxylic acid groups (broad SMARTS) is 1. The van der Waals surface area contributed by atoms with Gasteiger partial charge in [-0.25, -0.2) is 0 Å². The van der Waals surface area contributed by atoms with Crippen molar-refractivity contribution in [2.45, 2.75) is 26.2 Å². The standard InChI is InChI=1S/C14H16O3/c1-8(2)9-3-5-10(6-4-9)13(15)11-7-12(11)14(16)17/h3-6,8,11-12H,7H2,1-2H3,(H,16,17)/t11-,12-/m1/s1. The first-order chi connectivity index (χ1) is 8.00. The monoisotopic (exact) mass is 232 g/mol. The third-order valence-corrected chi connectivity index (χ3v) is 3.31. The number of Topliss-reactive ketones (excluding diaryl/α,β-unsaturated/α-hetero) is 1. The van der Waals surface area contributed by atoms with Crippen LogP contribution in [0.2, 0.25) is 0 Å². The molecule has 0 bridgehead atoms. The average molecular weight is 232 g/mol. The minimum absolute atomic E-state index is 0.0345. The molecule has 1 aliphatic rings. The van der Waals surface area contributed by atoms with E-state index in [1.807, 2.05) is 12.1 Å². The summed E-state index contributed by atoms with van der Waals surface area (Å²) in [6.45, 7) is 4.19. The van der Waals surface area contributed by atoms with E-state index in [1.54, 1.807) is 12.1 Å². The summed E-state index contributed by atoms with van der Waals surface area (Å²) in [6, 6.07) is 7.48. The molecule has 3 heteroatoms. The fourth-order valence-electron chi connectivity index (χ4n) is 2.00. The summed E-state index contributed by atoms with van der Waals surface area (Å²) in [4.78, 5) is 22.6. The number of benzene rings is 1. The summed E-state index contributed by atoms with van der Waals surface area (Å²) >= 11 is 0. The number of carbonyl (C=O) groups excluding carboxylic acids is 1. The minimum atomic E-state index is -0.859. The Balaban J connectivity index is 2.08. The van der Waals surface area contributed by atoms with Gasteiger partial charge >= 0.3 is 5.97 Å². The molecule has 2 rings (SSSR count). The van der Waals surface area contributed by atoms with Gasteiger partial charge in [0.1, 0.15) is 0 Å². The van der Waals surface area contributed by atoms with E-state index in [0.29, 0.717) is 17.9 Å². The summed E-state index contributed by atoms with van der Waals surface area (Å²) in [5.74, 6) is -1.23. The van der Waals surface area contributed by atoms with Crippen LogP contribution in [0.4, 0.5) is 0 Å². The maximum Gasteiger partial charge on any atom is 0.307 e. The second-order valence-corrected chi connectivity index (χ2v) is 4.93. The Morgan fingerprint density at radius 2 is 1.76 bits per heavy atom. The van der Waals surface area contributed by atoms with Crippen LogP contribution in [-0.4, -0.2) is 16.9 Å². The van der Waals surface area contributed by atoms with Crippen LogP contribution in [0.25, 0.3) is 0 Å². The highest BCUT2D eigenvalue weighted by Gasteiger charge is 2.48. The quantitative estimate of drug-likeness (QED) is 0.812. The molecule has 0 unspecified atom stereocenters. The Labute approximate surface area is 100 Å². The van der Waals surface area contributed by atoms with Crippen LogP contribution in [0.3, 0.4) is 0 Å². The molecule has 0 spiro atoms. The zero-order valence-electron chi connectivity index (χ0n) is 10.0. The Bertz CT molecular complexity index is 445. The molecule has 0 aromatic heterocycles. The molecule has 2 atom stereocenters. The van der Waals surface area contributed by atoms with Gasteiger partial charge in [-0.3, -0.25) is 9.59 Å². The third-order valence-electron chi connectivity index (χ3n) is 3.31. The Morgan fingerprint density at radius 1 is 1.18 bits per heavy atom. The second kappa shape index (κ2) is 4.32. The molecule has 1 fully saturated rings. The number of ketones is 1. The SMILES string of the molecule is CC(C)c1ccc(C(=O)[C@@H]2C[C@H]2C(=O)O)cc1. The van der Waals surface area contributed by atoms with Gasteiger partial charge in [0.25, 0.3) is 0 Å². The predicted octanol–water partition coefficient (Wildman–Crippen LogP) is 2.71. The van der Waals surface area contributed by atoms with Gasteiger partial charge in [-0.2, -0.15) is 0 Å². The Kier molecular flexibility index (Phi) is 3.01. The molecule has 0 saturated heterocycles. The molecule has 17 heavy (non-hydrogen) atoms. The number of hydrogen-bond acceptors (Lipinski definition) is 2. The molecule has 1 aromatic carbocycles. The zero-order chi connectivity index (χ0) is 12.6. The van der Waals surface area contributed by atoms with Crippen molar-refractivity contribution in [1.82, 2.24) is 0 Å². The lowest BCUT2D eigenvalue weighted by Crippen LogP contribution is -2.08. The van der Waals surface area contributed by atoms with Gasteiger partial charge < -0.3 is 5.11 Å². The summed E-state index contributed by atoms with van der Waals surface area (Å²) < 4.78 is 0. The van der Waals surface area contributed by atoms with Crippen molar-refractivity contribution in [1.29, 1.82) is 0 Å². The topological polar surface area (TPSA) is 54.4 Å². The van der Waals surface area contributed by atoms with Crippen molar-refractivity contribution in [3.63, 3.8) is 0 Å². The number of carboxylic acids is 1. The van der Waals surface area contributed by atoms with E-state index in [0.717, 1.165) is 0 Å². The van der Waals surface area contributed by atoms with Crippen LogP contribution < -0.4 is 0 Å². The first-order valence-corrected chi connectivity index (χ1v) is 5.87. The normalized spacial score (nSPS) is 22.5. The molecule has 1 aromatic rings. The number of carbonyl (C=O) groups is 2. The molecular weight excluding hydrogens is 216 g/mol. The highest BCUT2D eigenvalue weighted by atomic mass is 16.4. The van der Waals surface area contributed by atoms with Gasteiger partial charge in [-0.05, 0) is 17.9 Å². The van der Waals surface area contributed by atoms with Crippen molar-refractivity contribution < 1.29 is 14.7 Å². The van der Waals surface area contributed by atoms with E-state index in [4.69, 9.17) is 5.11 Å². The predicted molar refractivity (Wildman–Crippen MR) is 64.1 cm³/mol. The molecule has 1 N–H and O–H groups in total. The maximum absolute atomic E-state index is 11.9. The second-order valence-electron chi connectivity index (χ2n) is 4.93. The smallest absolute Gasteiger partial charge is 0.307 e. The van der Waals surface area contributed by atoms with Gasteiger partial charge in [0.15, 0.2) is 5.78 Å². The minimum Gasteiger partial charge on any atom is -0.481 e. The summed E-state index contributed by atoms with van der Waals surface area (Å²) in [7, 11) is 0. The van der Waals surface area contributed by atoms with Crippen molar-refractivity contribution >= 4 is 11.8 Å². The molecule has 0 aliphatic heterocycles. The summed E-state index contributed by atoms with van der Waals surface area (Å²) in [5.41, 5.74) is 1.82. The molecule has 0 amide bonds. The molecule has 3 nitrogen and oxygen atoms in total. The van der Waals surface area contributed by atoms with E-state index < -0.39 is 11.9 Å². The number of rotatable bonds is 4. The largest absolute Gasteiger partial charge is 0.481 e. The molecule has 1 aliphatic carbocycles. The molecule has 90 valence electrons. The van der Waals surface area contributed by atoms with Crippen LogP contribution >= 0.6 is 0 Å². The highest BCUT2D eigenvalue weighted by molar-refractivity contribution is 6.02. The van der Waals surface area contributed by atoms with E-state index in [1.165, 1.54) is 5.56 Å². The lowest BCUT2D eigenvalue weighted by Gasteiger charge is -2.06. The first kappa shape index (κ1) is 11.8. The van der Waals surface area contributed by atoms with Gasteiger partial charge in [0.05, 0.1) is 5.92 Å². The van der Waals surface area contributed by atoms with Gasteiger partial charge in [-0.15, -0.1) is 0 Å². The van der Waals surface area contributed by atoms with Crippen LogP contribution in [0.15, 0.2) is 24.3 Å². The number of aliphatic carboxylic acids is 1. The van der Waals surface area contributed by atoms with Crippen LogP contribution in [0.1, 0.15) is 42.1 Å². The summed E-state index contributed by atoms with van der Waals surface area (Å²) in [5, 5.41) is 8.78. The Morgan fingerprint density at radius 3 is 2.18 bits per heavy atom. The molecular formula is C14H16O3. The van der Waals surface area contributed by atoms with Crippen LogP contribution in [0, 0.1) is 11.8 Å². The van der Waals surface area contributed by atoms with E-state index >= 15 is 0 Å². The molecule has 0 radical (unpaired) electrons. The van der Waals surface area contributed by atoms with Crippen molar-refractivity contribution in [2.24, 2.45) is 11.8 Å². The fraction of sp³-hybridized carbons (Fsp3) is 0.429. The molecule has 1 saturated carbocycles. The van der Waals surface area contributed by atoms with Crippen molar-refractivity contribution in [3.8, 4) is 0 Å². The summed E-state index contributed by atoms with van der Waals surface area (Å²) in [6.07, 6.45) is 0.486. The first-order valence-electron chi connectivity index (χ1n) is 5.87. The maximum atomic E-state index is 11.9. The average Bonchev–Trinajstić information content (AvgIpc) is 3.08. The van der Waals surface area contributed by atoms with Gasteiger partial charge in [0, 0.05) is 11.5 Å². The van der Waals surface area contributed by atoms with Crippen LogP contribution in [0.5, 0.6) is 0 Å². The van der Waals surface area contributed by atoms with Crippen molar-refractivity contribution in [3.05, 3.63) is 35.4 Å². The lowest BCUT2D eigenvalue weighted by molar-refractivity contribution is -0.138. The fourth-order valence-corrected chi connectivity index (χ4v) is 2.00. The van der Waals surface area contributed by atoms with E-state index in [-0.39, 0.29) is 11.7 Å². The van der Waals surface area contributed by atoms with Gasteiger partial charge in [0.2, 0.25) is 0 Å². The van der Waals surface area contributed by atoms with E-state index in [2.05, 4.69) is 13.8 Å². The van der Waals surface area contributed by atoms with E-state index in [9.17, 15) is 9.59 Å². The molecule has 0 heterocycles. The Hall–Kier alpha value is -1.64. The zero-order valence-corrected chi connectivity index (χ0v) is 10.0. The highest BCUT2D eigenvalue weighted by Crippen LogP contribution is 2.41. The third kappa shape index (κ3) is 2.38. The number of hydrogen-bond donors (Lipinski definition) is 1. The van der Waals surface area contributed by atoms with Crippen LogP contribution in [-0.2, 0) is 4.79 Å². The lowest BCUT2D eigenvalue weighted by atomic mass is 9.99.